The standard InChI is InChI=1S/2C22H19F6.C12H7Si.2ClH.Zr/c2*1-4-13-7-14-5-6-18(12(2)3)20(19(14)8-13)15-9-16(21(23,24)25)11-17(10-15)22(26,27)28;1-3-7-11-9(5-1)10-6-2-4-8-12(10)13-11;;;/h2*5-12H,4H2,1-3H3;1-7H;2*1H;/q3*-1;;;+2/p-2. The summed E-state index contributed by atoms with van der Waals surface area (Å²) in [5, 5.41) is 5.79. The quantitative estimate of drug-likeness (QED) is 0.0884. The molecule has 0 amide bonds. The van der Waals surface area contributed by atoms with Gasteiger partial charge in [0.05, 0.1) is 31.8 Å². The Labute approximate surface area is 431 Å². The Morgan fingerprint density at radius 2 is 0.889 bits per heavy atom. The molecule has 0 N–H and O–H groups in total. The van der Waals surface area contributed by atoms with Crippen LogP contribution >= 0.6 is 17.0 Å². The van der Waals surface area contributed by atoms with Crippen molar-refractivity contribution in [2.75, 3.05) is 0 Å². The van der Waals surface area contributed by atoms with Gasteiger partial charge in [-0.3, -0.25) is 0 Å². The van der Waals surface area contributed by atoms with E-state index in [4.69, 9.17) is 17.0 Å². The van der Waals surface area contributed by atoms with Crippen LogP contribution in [0, 0.1) is 6.07 Å². The van der Waals surface area contributed by atoms with E-state index in [9.17, 15) is 52.7 Å². The zero-order chi connectivity index (χ0) is 53.1. The number of benzene rings is 6. The minimum Gasteiger partial charge on any atom is -0.184 e. The first-order chi connectivity index (χ1) is 33.7. The average Bonchev–Trinajstić information content (AvgIpc) is 4.05. The largest absolute Gasteiger partial charge is 0.184 e. The normalized spacial score (nSPS) is 12.5. The molecule has 378 valence electrons. The topological polar surface area (TPSA) is 0 Å². The molecule has 0 atom stereocenters. The Morgan fingerprint density at radius 3 is 1.25 bits per heavy atom. The Morgan fingerprint density at radius 1 is 0.514 bits per heavy atom. The molecule has 1 aliphatic rings. The van der Waals surface area contributed by atoms with Crippen LogP contribution in [-0.2, 0) is 58.4 Å². The van der Waals surface area contributed by atoms with Crippen molar-refractivity contribution >= 4 is 58.5 Å². The molecule has 0 unspecified atom stereocenters. The molecule has 8 aromatic rings. The Bertz CT molecular complexity index is 2880. The maximum atomic E-state index is 13.3. The maximum Gasteiger partial charge on any atom is 0.0920 e. The predicted octanol–water partition coefficient (Wildman–Crippen LogP) is 18.4. The van der Waals surface area contributed by atoms with E-state index in [2.05, 4.69) is 42.5 Å². The van der Waals surface area contributed by atoms with Crippen molar-refractivity contribution in [1.82, 2.24) is 0 Å². The fraction of sp³-hybridized carbons (Fsp3) is 0.250. The molecular formula is C56H45Cl2F12SiZr-3. The van der Waals surface area contributed by atoms with Crippen molar-refractivity contribution in [3.05, 3.63) is 178 Å². The molecule has 72 heavy (non-hydrogen) atoms. The molecule has 0 aliphatic carbocycles. The molecule has 0 saturated heterocycles. The number of alkyl halides is 12. The van der Waals surface area contributed by atoms with E-state index in [0.717, 1.165) is 68.5 Å². The van der Waals surface area contributed by atoms with Crippen molar-refractivity contribution in [3.63, 3.8) is 0 Å². The Kier molecular flexibility index (Phi) is 18.0. The van der Waals surface area contributed by atoms with E-state index in [-0.39, 0.29) is 35.1 Å². The summed E-state index contributed by atoms with van der Waals surface area (Å²) < 4.78 is 160. The van der Waals surface area contributed by atoms with E-state index >= 15 is 0 Å². The van der Waals surface area contributed by atoms with Crippen LogP contribution in [0.4, 0.5) is 52.7 Å². The summed E-state index contributed by atoms with van der Waals surface area (Å²) in [6.07, 6.45) is -18.0. The molecule has 0 spiro atoms. The first-order valence-corrected chi connectivity index (χ1v) is 29.9. The molecule has 1 heterocycles. The summed E-state index contributed by atoms with van der Waals surface area (Å²) in [4.78, 5) is 0. The van der Waals surface area contributed by atoms with Gasteiger partial charge in [-0.1, -0.05) is 98.8 Å². The Balaban J connectivity index is 0.000000181. The van der Waals surface area contributed by atoms with Gasteiger partial charge in [-0.2, -0.15) is 94.3 Å². The molecule has 9 rings (SSSR count). The van der Waals surface area contributed by atoms with Crippen molar-refractivity contribution < 1.29 is 73.5 Å². The van der Waals surface area contributed by atoms with Gasteiger partial charge in [-0.15, -0.1) is 74.6 Å². The van der Waals surface area contributed by atoms with E-state index in [1.807, 2.05) is 84.0 Å². The third-order valence-corrected chi connectivity index (χ3v) is 13.5. The number of rotatable bonds is 6. The molecule has 0 bridgehead atoms. The molecule has 16 heteroatoms. The van der Waals surface area contributed by atoms with E-state index < -0.39 is 67.8 Å². The zero-order valence-corrected chi connectivity index (χ0v) is 44.5. The Hall–Kier alpha value is -4.62. The fourth-order valence-electron chi connectivity index (χ4n) is 8.66. The van der Waals surface area contributed by atoms with Gasteiger partial charge in [0.2, 0.25) is 0 Å². The van der Waals surface area contributed by atoms with Gasteiger partial charge in [0.1, 0.15) is 0 Å². The smallest absolute Gasteiger partial charge is 0.0920 e. The minimum absolute atomic E-state index is 0.0651. The van der Waals surface area contributed by atoms with E-state index in [1.54, 1.807) is 12.1 Å². The van der Waals surface area contributed by atoms with Crippen LogP contribution in [0.1, 0.15) is 97.9 Å². The second kappa shape index (κ2) is 22.9. The molecule has 0 nitrogen and oxygen atoms in total. The van der Waals surface area contributed by atoms with Crippen molar-refractivity contribution in [2.45, 2.75) is 90.9 Å². The minimum atomic E-state index is -4.87. The van der Waals surface area contributed by atoms with Gasteiger partial charge in [0, 0.05) is 0 Å². The van der Waals surface area contributed by atoms with Gasteiger partial charge in [0.15, 0.2) is 0 Å². The summed E-state index contributed by atoms with van der Waals surface area (Å²) in [6.45, 7) is 11.4. The van der Waals surface area contributed by atoms with Crippen molar-refractivity contribution in [1.29, 1.82) is 0 Å². The monoisotopic (exact) mass is 1130 g/mol. The van der Waals surface area contributed by atoms with E-state index in [0.29, 0.717) is 33.0 Å². The summed E-state index contributed by atoms with van der Waals surface area (Å²) in [6, 6.07) is 36.6. The number of fused-ring (bicyclic) bond motifs is 5. The second-order valence-electron chi connectivity index (χ2n) is 17.6. The predicted molar refractivity (Wildman–Crippen MR) is 264 cm³/mol. The average molecular weight is 1140 g/mol. The van der Waals surface area contributed by atoms with Crippen LogP contribution in [0.15, 0.2) is 127 Å². The molecule has 0 fully saturated rings. The van der Waals surface area contributed by atoms with Crippen LogP contribution in [0.2, 0.25) is 0 Å². The van der Waals surface area contributed by atoms with Gasteiger partial charge in [0.25, 0.3) is 0 Å². The number of hydrogen-bond acceptors (Lipinski definition) is 0. The second-order valence-corrected chi connectivity index (χ2v) is 22.6. The summed E-state index contributed by atoms with van der Waals surface area (Å²) in [5.74, 6) is -0.133. The van der Waals surface area contributed by atoms with Crippen molar-refractivity contribution in [2.24, 2.45) is 0 Å². The fourth-order valence-corrected chi connectivity index (χ4v) is 9.97. The molecule has 2 radical (unpaired) electrons. The van der Waals surface area contributed by atoms with Crippen LogP contribution in [0.5, 0.6) is 0 Å². The van der Waals surface area contributed by atoms with Crippen LogP contribution in [0.25, 0.3) is 54.9 Å². The first-order valence-electron chi connectivity index (χ1n) is 22.6. The summed E-state index contributed by atoms with van der Waals surface area (Å²) >= 11 is -0.826. The first kappa shape index (κ1) is 56.7. The van der Waals surface area contributed by atoms with Gasteiger partial charge in [-0.25, -0.2) is 0 Å². The van der Waals surface area contributed by atoms with Gasteiger partial charge < -0.3 is 0 Å². The third kappa shape index (κ3) is 13.2. The zero-order valence-electron chi connectivity index (χ0n) is 39.5. The SMILES string of the molecule is CCc1cc2c(-c3cc(C(F)(F)F)cc(C(F)(F)F)c3)c(C(C)C)ccc2[cH-]1.CCc1cc2c(-c3cc(C(F)(F)F)cc(C(F)(F)F)c3)c(C(C)C)ccc2[cH-]1.[Cl][Zr][Cl].[c-]1cccc2c1[Si]c1ccccc1-2. The van der Waals surface area contributed by atoms with Gasteiger partial charge >= 0.3 is 62.6 Å². The summed E-state index contributed by atoms with van der Waals surface area (Å²) in [7, 11) is 10.7. The van der Waals surface area contributed by atoms with Crippen LogP contribution in [0.3, 0.4) is 0 Å². The molecule has 1 aliphatic heterocycles. The van der Waals surface area contributed by atoms with Gasteiger partial charge in [-0.05, 0) is 72.2 Å². The van der Waals surface area contributed by atoms with Crippen molar-refractivity contribution in [3.8, 4) is 33.4 Å². The molecule has 0 saturated carbocycles. The molecule has 0 aromatic heterocycles. The molecule has 8 aromatic carbocycles. The summed E-state index contributed by atoms with van der Waals surface area (Å²) in [5.41, 5.74) is 1.71. The van der Waals surface area contributed by atoms with Crippen LogP contribution < -0.4 is 10.4 Å². The number of hydrogen-bond donors (Lipinski definition) is 0. The number of halogens is 14. The molecular weight excluding hydrogens is 1090 g/mol. The number of aryl methyl sites for hydroxylation is 2. The van der Waals surface area contributed by atoms with Crippen LogP contribution in [-0.4, -0.2) is 9.52 Å². The maximum absolute atomic E-state index is 13.3. The third-order valence-electron chi connectivity index (χ3n) is 12.1. The van der Waals surface area contributed by atoms with E-state index in [1.165, 1.54) is 21.5 Å².